The maximum atomic E-state index is 14.6. The topological polar surface area (TPSA) is 1110 Å². The zero-order chi connectivity index (χ0) is 106. The Kier molecular flexibility index (Phi) is 42.1. The number of phosphoric ester groups is 1. The average Bonchev–Trinajstić information content (AvgIpc) is 0.739. The third kappa shape index (κ3) is 26.3. The molecule has 0 aromatic rings. The second-order valence-corrected chi connectivity index (χ2v) is 36.8. The Labute approximate surface area is 804 Å². The predicted molar refractivity (Wildman–Crippen MR) is 431 cm³/mol. The first kappa shape index (κ1) is 119. The molecule has 0 amide bonds. The van der Waals surface area contributed by atoms with Crippen LogP contribution in [0.25, 0.3) is 0 Å². The van der Waals surface area contributed by atoms with Crippen LogP contribution in [0.15, 0.2) is 11.8 Å². The molecular formula is C75H127N4O63P. The van der Waals surface area contributed by atoms with Gasteiger partial charge >= 0.3 is 25.7 Å². The number of aliphatic hydroxyl groups is 32. The second-order valence-electron chi connectivity index (χ2n) is 35.4. The molecule has 11 aliphatic heterocycles. The molecule has 68 heteroatoms. The molecule has 57 atom stereocenters. The van der Waals surface area contributed by atoms with Crippen LogP contribution in [-0.4, -0.2) is 623 Å². The van der Waals surface area contributed by atoms with Crippen LogP contribution >= 0.6 is 7.82 Å². The van der Waals surface area contributed by atoms with Crippen LogP contribution in [0.5, 0.6) is 0 Å². The summed E-state index contributed by atoms with van der Waals surface area (Å²) in [5, 5.41) is 395. The molecule has 0 radical (unpaired) electrons. The molecule has 0 aromatic carbocycles. The number of hydrogen-bond donors (Lipinski definition) is 40. The minimum atomic E-state index is -5.96. The van der Waals surface area contributed by atoms with Crippen molar-refractivity contribution in [2.24, 2.45) is 22.9 Å². The molecule has 10 saturated heterocycles. The van der Waals surface area contributed by atoms with Crippen LogP contribution in [0.1, 0.15) is 12.8 Å². The molecule has 0 bridgehead atoms. The summed E-state index contributed by atoms with van der Waals surface area (Å²) < 4.78 is 148. The molecule has 11 aliphatic rings. The lowest BCUT2D eigenvalue weighted by molar-refractivity contribution is -0.418. The number of carboxylic acid groups (broad SMARTS) is 3. The van der Waals surface area contributed by atoms with E-state index in [1.807, 2.05) is 0 Å². The van der Waals surface area contributed by atoms with E-state index in [4.69, 9.17) is 131 Å². The first-order chi connectivity index (χ1) is 67.2. The van der Waals surface area contributed by atoms with Gasteiger partial charge in [-0.3, -0.25) is 9.05 Å². The lowest BCUT2D eigenvalue weighted by atomic mass is 9.89. The molecule has 67 nitrogen and oxygen atoms in total. The lowest BCUT2D eigenvalue weighted by Crippen LogP contribution is -2.71. The van der Waals surface area contributed by atoms with Crippen molar-refractivity contribution in [3.05, 3.63) is 11.8 Å². The number of rotatable bonds is 43. The number of carbonyl (C=O) groups is 3. The molecule has 1 unspecified atom stereocenters. The fourth-order valence-electron chi connectivity index (χ4n) is 17.3. The van der Waals surface area contributed by atoms with E-state index in [0.29, 0.717) is 6.08 Å². The maximum absolute atomic E-state index is 14.6. The number of carboxylic acids is 3. The van der Waals surface area contributed by atoms with Crippen molar-refractivity contribution in [2.75, 3.05) is 79.2 Å². The second kappa shape index (κ2) is 50.6. The molecule has 44 N–H and O–H groups in total. The monoisotopic (exact) mass is 2120 g/mol. The summed E-state index contributed by atoms with van der Waals surface area (Å²) in [5.41, 5.74) is 23.4. The molecule has 143 heavy (non-hydrogen) atoms. The maximum Gasteiger partial charge on any atom is 0.472 e. The fourth-order valence-corrected chi connectivity index (χ4v) is 18.3. The van der Waals surface area contributed by atoms with Crippen molar-refractivity contribution in [1.29, 1.82) is 0 Å². The summed E-state index contributed by atoms with van der Waals surface area (Å²) in [7, 11) is -5.96. The Bertz CT molecular complexity index is 4070. The largest absolute Gasteiger partial charge is 0.477 e. The molecule has 0 spiro atoms. The minimum absolute atomic E-state index is 0.352. The Morgan fingerprint density at radius 2 is 0.888 bits per heavy atom. The lowest BCUT2D eigenvalue weighted by Gasteiger charge is -2.53. The number of aliphatic carboxylic acids is 3. The molecule has 10 fully saturated rings. The molecule has 0 aliphatic carbocycles. The number of aliphatic hydroxyl groups excluding tert-OH is 32. The van der Waals surface area contributed by atoms with Gasteiger partial charge in [-0.1, -0.05) is 0 Å². The first-order valence-electron chi connectivity index (χ1n) is 44.3. The fraction of sp³-hybridized carbons (Fsp3) is 0.933. The van der Waals surface area contributed by atoms with E-state index in [0.717, 1.165) is 0 Å². The van der Waals surface area contributed by atoms with Crippen LogP contribution in [0.2, 0.25) is 0 Å². The van der Waals surface area contributed by atoms with Gasteiger partial charge in [0.1, 0.15) is 238 Å². The van der Waals surface area contributed by atoms with Crippen LogP contribution in [0, 0.1) is 0 Å². The van der Waals surface area contributed by atoms with E-state index < -0.39 is 466 Å². The normalized spacial score (nSPS) is 47.7. The zero-order valence-electron chi connectivity index (χ0n) is 74.5. The smallest absolute Gasteiger partial charge is 0.472 e. The zero-order valence-corrected chi connectivity index (χ0v) is 75.4. The number of ether oxygens (including phenoxy) is 21. The summed E-state index contributed by atoms with van der Waals surface area (Å²) in [4.78, 5) is 53.3. The van der Waals surface area contributed by atoms with Gasteiger partial charge in [0, 0.05) is 19.4 Å². The highest BCUT2D eigenvalue weighted by Crippen LogP contribution is 2.49. The van der Waals surface area contributed by atoms with Crippen LogP contribution in [0.4, 0.5) is 0 Å². The Balaban J connectivity index is 1.08. The van der Waals surface area contributed by atoms with E-state index in [-0.39, 0.29) is 0 Å². The number of nitrogens with two attached hydrogens (primary N) is 4. The Morgan fingerprint density at radius 1 is 0.420 bits per heavy atom. The average molecular weight is 2120 g/mol. The van der Waals surface area contributed by atoms with Gasteiger partial charge in [-0.25, -0.2) is 18.9 Å². The summed E-state index contributed by atoms with van der Waals surface area (Å²) in [5.74, 6) is -16.1. The molecule has 0 saturated carbocycles. The number of phosphoric acid groups is 1. The van der Waals surface area contributed by atoms with Gasteiger partial charge in [-0.15, -0.1) is 0 Å². The van der Waals surface area contributed by atoms with E-state index in [1.54, 1.807) is 0 Å². The molecular weight excluding hydrogens is 2000 g/mol. The Hall–Kier alpha value is -4.18. The van der Waals surface area contributed by atoms with E-state index >= 15 is 0 Å². The molecule has 830 valence electrons. The first-order valence-corrected chi connectivity index (χ1v) is 45.8. The standard InChI is InChI=1S/C75H127N4O63P/c76-1-2-125-143(118,119)142-29(14-123-66-45(105)40(100)42(102)51(130-66)19(87)6-80)57-48(108)59(136-71-56(17(85)3-24(127-71)62(111)112)133-68-47(107)41(101)43(103)52(131-68)20(88)7-81)49(109)69(134-57)137-60-50(110)70(132-54(22(90)9-83)61(60)138-67-46(106)39(99)34(94)26(10-84)128-67)135-58-25(139-75(73(116)117)4-18(86)33(93)53(140-75)21(89)8-82)5-74(72(114)115,141-55(58)23(91)12-121-65-44(104)32(92)16(77)11-120-65)124-15-28-36(96)38(98)31(79)64(129-28)122-13-27-35(95)37(97)30(78)63(113)126-27/h3,16-23,25-61,63-71,80-110,113H,1-2,4-15,76-79H2,(H,111,112)(H,114,115)(H,116,117)(H,118,119)/t16-,17-,18+,19-,20+,21+,22-,23+,25+,26+,27+,28+,29-,30+,31+,32-,33+,34+,35+,36+,37+,38+,39-,40-,41-,42-,43-,44+,45-,46+,47-,48+,49-,50-,51+,52+,53+,54+,55+,56+,57+,58+,59-,60+,61+,63-,64+,65+,66-,67-,68+,69+,70+,71-,74+,75+/m0/s1. The van der Waals surface area contributed by atoms with Gasteiger partial charge in [-0.2, -0.15) is 0 Å². The van der Waals surface area contributed by atoms with Crippen molar-refractivity contribution in [1.82, 2.24) is 0 Å². The molecule has 11 heterocycles. The SMILES string of the molecule is NCCOP(=O)(O)O[C@@H](CO[C@H]1O[C@H]([C@@H](O)CO)[C@@H](O)[C@H](O)[C@@H]1O)[C@H]1O[C@H](O[C@@H]2[C@H](O)[C@@H](O[C@H]3[C@@H]([C@H](O)CO[C@H]4OC[C@H](N)[C@H](O)[C@H]4O)O[C@@](OC[C@H]4O[C@@H](OC[C@H]5O[C@H](O)[C@H](N)[C@@H](O)[C@@H]5O)[C@H](N)[C@@H](O)[C@@H]4O)(C(=O)O)C[C@H]3O[C@]3(C(=O)O)C[C@@H](O)[C@@H](O)[C@@H]([C@H](O)CO)O3)O[C@H]([C@@H](O)CO)[C@H]2O[C@@H]2O[C@H](CO)[C@@H](O)[C@H](O)[C@H]2O)[C@@H](O)[C@@H](O[C@@H]2OC(C(=O)O)=C[C@H](O)[C@H]2O[C@H]2O[C@H]([C@H](O)CO)[C@@H](O)[C@H](O)[C@@H]2O)[C@@H]1O. The minimum Gasteiger partial charge on any atom is -0.477 e. The summed E-state index contributed by atoms with van der Waals surface area (Å²) in [6, 6.07) is -4.83. The van der Waals surface area contributed by atoms with Gasteiger partial charge in [-0.05, 0) is 6.08 Å². The third-order valence-electron chi connectivity index (χ3n) is 25.5. The summed E-state index contributed by atoms with van der Waals surface area (Å²) in [6.45, 7) is -14.9. The predicted octanol–water partition coefficient (Wildman–Crippen LogP) is -26.0. The summed E-state index contributed by atoms with van der Waals surface area (Å²) in [6.07, 6.45) is -132. The van der Waals surface area contributed by atoms with Crippen molar-refractivity contribution < 1.29 is 311 Å². The van der Waals surface area contributed by atoms with Crippen molar-refractivity contribution in [3.63, 3.8) is 0 Å². The van der Waals surface area contributed by atoms with Crippen LogP contribution < -0.4 is 22.9 Å². The van der Waals surface area contributed by atoms with Gasteiger partial charge in [0.15, 0.2) is 56.4 Å². The van der Waals surface area contributed by atoms with Crippen molar-refractivity contribution >= 4 is 25.7 Å². The highest BCUT2D eigenvalue weighted by Gasteiger charge is 2.67. The highest BCUT2D eigenvalue weighted by atomic mass is 31.2. The number of hydrogen-bond acceptors (Lipinski definition) is 63. The van der Waals surface area contributed by atoms with Gasteiger partial charge < -0.3 is 306 Å². The van der Waals surface area contributed by atoms with E-state index in [9.17, 15) is 203 Å². The highest BCUT2D eigenvalue weighted by molar-refractivity contribution is 7.47. The Morgan fingerprint density at radius 3 is 1.47 bits per heavy atom. The van der Waals surface area contributed by atoms with Crippen LogP contribution in [0.3, 0.4) is 0 Å². The van der Waals surface area contributed by atoms with E-state index in [1.165, 1.54) is 0 Å². The van der Waals surface area contributed by atoms with Crippen molar-refractivity contribution in [2.45, 2.75) is 356 Å². The van der Waals surface area contributed by atoms with Gasteiger partial charge in [0.05, 0.1) is 103 Å². The molecule has 0 aromatic heterocycles. The summed E-state index contributed by atoms with van der Waals surface area (Å²) >= 11 is 0. The van der Waals surface area contributed by atoms with Gasteiger partial charge in [0.2, 0.25) is 12.0 Å². The quantitative estimate of drug-likeness (QED) is 0.0252. The van der Waals surface area contributed by atoms with Gasteiger partial charge in [0.25, 0.3) is 11.6 Å². The van der Waals surface area contributed by atoms with Crippen molar-refractivity contribution in [3.8, 4) is 0 Å². The van der Waals surface area contributed by atoms with Crippen LogP contribution in [-0.2, 0) is 127 Å². The molecule has 11 rings (SSSR count). The van der Waals surface area contributed by atoms with E-state index in [2.05, 4.69) is 0 Å². The third-order valence-corrected chi connectivity index (χ3v) is 26.5.